The number of nitrogens with two attached hydrogens (primary N) is 1. The zero-order valence-electron chi connectivity index (χ0n) is 24.0. The van der Waals surface area contributed by atoms with Crippen LogP contribution in [0.5, 0.6) is 11.5 Å². The molecule has 2 aliphatic rings. The SMILES string of the molecule is COc1ccc2c(c1)CCc1cnc(-n3cc(C(=O)Nc4cccc(OCCCN5CCN(C)CC5)c4)c(N)n3)nc1-2. The number of benzene rings is 2. The predicted molar refractivity (Wildman–Crippen MR) is 161 cm³/mol. The van der Waals surface area contributed by atoms with Gasteiger partial charge in [-0.1, -0.05) is 6.07 Å². The van der Waals surface area contributed by atoms with Gasteiger partial charge in [0.1, 0.15) is 17.1 Å². The second-order valence-electron chi connectivity index (χ2n) is 10.8. The van der Waals surface area contributed by atoms with Crippen molar-refractivity contribution < 1.29 is 14.3 Å². The molecule has 0 spiro atoms. The molecular formula is C31H36N8O3. The minimum atomic E-state index is -0.374. The zero-order chi connectivity index (χ0) is 29.1. The summed E-state index contributed by atoms with van der Waals surface area (Å²) in [4.78, 5) is 27.3. The van der Waals surface area contributed by atoms with Crippen LogP contribution in [0.4, 0.5) is 11.5 Å². The molecule has 0 radical (unpaired) electrons. The Morgan fingerprint density at radius 2 is 1.88 bits per heavy atom. The lowest BCUT2D eigenvalue weighted by Crippen LogP contribution is -2.44. The maximum atomic E-state index is 13.2. The van der Waals surface area contributed by atoms with Gasteiger partial charge in [-0.2, -0.15) is 0 Å². The lowest BCUT2D eigenvalue weighted by molar-refractivity contribution is 0.102. The first-order chi connectivity index (χ1) is 20.5. The molecule has 0 bridgehead atoms. The summed E-state index contributed by atoms with van der Waals surface area (Å²) in [6, 6.07) is 13.4. The summed E-state index contributed by atoms with van der Waals surface area (Å²) < 4.78 is 12.8. The molecule has 218 valence electrons. The number of aryl methyl sites for hydroxylation is 2. The third kappa shape index (κ3) is 6.07. The molecule has 11 nitrogen and oxygen atoms in total. The Kier molecular flexibility index (Phi) is 8.02. The predicted octanol–water partition coefficient (Wildman–Crippen LogP) is 3.29. The van der Waals surface area contributed by atoms with Crippen LogP contribution in [0.1, 0.15) is 27.9 Å². The standard InChI is InChI=1S/C31H36N8O3/c1-37-12-14-38(15-13-37)11-4-16-42-25-6-3-5-23(18-25)34-30(40)27-20-39(36-29(27)32)31-33-19-22-8-7-21-17-24(41-2)9-10-26(21)28(22)35-31/h3,5-6,9-10,17-20H,4,7-8,11-16H2,1-2H3,(H2,32,36)(H,34,40). The number of hydrogen-bond acceptors (Lipinski definition) is 9. The largest absolute Gasteiger partial charge is 0.497 e. The van der Waals surface area contributed by atoms with Crippen molar-refractivity contribution in [2.24, 2.45) is 0 Å². The molecular weight excluding hydrogens is 532 g/mol. The summed E-state index contributed by atoms with van der Waals surface area (Å²) in [5.41, 5.74) is 11.1. The molecule has 0 atom stereocenters. The average Bonchev–Trinajstić information content (AvgIpc) is 3.41. The van der Waals surface area contributed by atoms with Gasteiger partial charge in [-0.3, -0.25) is 4.79 Å². The first-order valence-corrected chi connectivity index (χ1v) is 14.3. The Morgan fingerprint density at radius 1 is 1.05 bits per heavy atom. The number of hydrogen-bond donors (Lipinski definition) is 2. The van der Waals surface area contributed by atoms with Crippen molar-refractivity contribution in [1.29, 1.82) is 0 Å². The Hall–Kier alpha value is -4.48. The number of aromatic nitrogens is 4. The van der Waals surface area contributed by atoms with Crippen molar-refractivity contribution in [3.8, 4) is 28.7 Å². The highest BCUT2D eigenvalue weighted by Gasteiger charge is 2.22. The summed E-state index contributed by atoms with van der Waals surface area (Å²) in [6.07, 6.45) is 6.05. The van der Waals surface area contributed by atoms with E-state index in [4.69, 9.17) is 20.2 Å². The normalized spacial score (nSPS) is 15.1. The molecule has 3 heterocycles. The Morgan fingerprint density at radius 3 is 2.71 bits per heavy atom. The molecule has 4 aromatic rings. The molecule has 2 aromatic carbocycles. The van der Waals surface area contributed by atoms with Crippen LogP contribution < -0.4 is 20.5 Å². The van der Waals surface area contributed by atoms with Gasteiger partial charge in [0.15, 0.2) is 5.82 Å². The summed E-state index contributed by atoms with van der Waals surface area (Å²) in [5, 5.41) is 7.25. The number of nitrogen functional groups attached to an aromatic ring is 1. The smallest absolute Gasteiger partial charge is 0.261 e. The van der Waals surface area contributed by atoms with Crippen LogP contribution in [-0.4, -0.2) is 88.9 Å². The van der Waals surface area contributed by atoms with E-state index in [1.54, 1.807) is 13.3 Å². The molecule has 1 aliphatic heterocycles. The van der Waals surface area contributed by atoms with Gasteiger partial charge >= 0.3 is 0 Å². The van der Waals surface area contributed by atoms with Crippen LogP contribution in [-0.2, 0) is 12.8 Å². The van der Waals surface area contributed by atoms with Gasteiger partial charge in [0.2, 0.25) is 0 Å². The second-order valence-corrected chi connectivity index (χ2v) is 10.8. The van der Waals surface area contributed by atoms with Gasteiger partial charge in [-0.15, -0.1) is 5.10 Å². The Bertz CT molecular complexity index is 1580. The summed E-state index contributed by atoms with van der Waals surface area (Å²) in [7, 11) is 3.82. The van der Waals surface area contributed by atoms with E-state index in [9.17, 15) is 4.79 Å². The number of nitrogens with one attached hydrogen (secondary N) is 1. The van der Waals surface area contributed by atoms with Gasteiger partial charge in [0, 0.05) is 62.4 Å². The fraction of sp³-hybridized carbons (Fsp3) is 0.355. The molecule has 3 N–H and O–H groups in total. The highest BCUT2D eigenvalue weighted by Crippen LogP contribution is 2.34. The zero-order valence-corrected chi connectivity index (χ0v) is 24.0. The number of piperazine rings is 1. The van der Waals surface area contributed by atoms with Crippen molar-refractivity contribution in [1.82, 2.24) is 29.5 Å². The molecule has 11 heteroatoms. The number of nitrogens with zero attached hydrogens (tertiary/aromatic N) is 6. The minimum absolute atomic E-state index is 0.0928. The number of carbonyl (C=O) groups is 1. The first kappa shape index (κ1) is 27.7. The molecule has 1 fully saturated rings. The van der Waals surface area contributed by atoms with E-state index in [1.807, 2.05) is 48.7 Å². The average molecular weight is 569 g/mol. The lowest BCUT2D eigenvalue weighted by Gasteiger charge is -2.32. The van der Waals surface area contributed by atoms with E-state index in [0.29, 0.717) is 24.0 Å². The third-order valence-electron chi connectivity index (χ3n) is 7.85. The van der Waals surface area contributed by atoms with E-state index in [-0.39, 0.29) is 17.3 Å². The lowest BCUT2D eigenvalue weighted by atomic mass is 9.90. The number of anilines is 2. The number of ether oxygens (including phenoxy) is 2. The summed E-state index contributed by atoms with van der Waals surface area (Å²) in [5.74, 6) is 1.59. The van der Waals surface area contributed by atoms with Crippen LogP contribution in [0, 0.1) is 0 Å². The van der Waals surface area contributed by atoms with Gasteiger partial charge < -0.3 is 30.3 Å². The number of methoxy groups -OCH3 is 1. The van der Waals surface area contributed by atoms with Crippen molar-refractivity contribution in [2.75, 3.05) is 64.5 Å². The van der Waals surface area contributed by atoms with Crippen LogP contribution in [0.3, 0.4) is 0 Å². The Labute approximate surface area is 245 Å². The minimum Gasteiger partial charge on any atom is -0.497 e. The number of likely N-dealkylation sites (N-methyl/N-ethyl adjacent to an activating group) is 1. The van der Waals surface area contributed by atoms with Gasteiger partial charge in [0.25, 0.3) is 11.9 Å². The summed E-state index contributed by atoms with van der Waals surface area (Å²) >= 11 is 0. The van der Waals surface area contributed by atoms with Crippen LogP contribution in [0.15, 0.2) is 54.9 Å². The monoisotopic (exact) mass is 568 g/mol. The molecule has 1 amide bonds. The van der Waals surface area contributed by atoms with Gasteiger partial charge in [-0.05, 0) is 67.8 Å². The fourth-order valence-electron chi connectivity index (χ4n) is 5.40. The van der Waals surface area contributed by atoms with E-state index >= 15 is 0 Å². The van der Waals surface area contributed by atoms with Crippen molar-refractivity contribution in [3.05, 3.63) is 71.5 Å². The van der Waals surface area contributed by atoms with Crippen LogP contribution in [0.25, 0.3) is 17.2 Å². The van der Waals surface area contributed by atoms with Crippen LogP contribution >= 0.6 is 0 Å². The third-order valence-corrected chi connectivity index (χ3v) is 7.85. The first-order valence-electron chi connectivity index (χ1n) is 14.3. The molecule has 0 saturated carbocycles. The van der Waals surface area contributed by atoms with Gasteiger partial charge in [0.05, 0.1) is 19.4 Å². The highest BCUT2D eigenvalue weighted by molar-refractivity contribution is 6.07. The summed E-state index contributed by atoms with van der Waals surface area (Å²) in [6.45, 7) is 6.04. The molecule has 1 aliphatic carbocycles. The van der Waals surface area contributed by atoms with Crippen molar-refractivity contribution in [2.45, 2.75) is 19.3 Å². The fourth-order valence-corrected chi connectivity index (χ4v) is 5.40. The topological polar surface area (TPSA) is 124 Å². The van der Waals surface area contributed by atoms with Crippen molar-refractivity contribution in [3.63, 3.8) is 0 Å². The van der Waals surface area contributed by atoms with Crippen LogP contribution in [0.2, 0.25) is 0 Å². The highest BCUT2D eigenvalue weighted by atomic mass is 16.5. The van der Waals surface area contributed by atoms with E-state index < -0.39 is 0 Å². The van der Waals surface area contributed by atoms with E-state index in [2.05, 4.69) is 32.2 Å². The second kappa shape index (κ2) is 12.2. The molecule has 2 aromatic heterocycles. The molecule has 42 heavy (non-hydrogen) atoms. The number of fused-ring (bicyclic) bond motifs is 3. The number of rotatable bonds is 9. The van der Waals surface area contributed by atoms with E-state index in [0.717, 1.165) is 74.6 Å². The Balaban J connectivity index is 1.10. The maximum absolute atomic E-state index is 13.2. The van der Waals surface area contributed by atoms with E-state index in [1.165, 1.54) is 10.2 Å². The molecule has 0 unspecified atom stereocenters. The maximum Gasteiger partial charge on any atom is 0.261 e. The van der Waals surface area contributed by atoms with Gasteiger partial charge in [-0.25, -0.2) is 14.6 Å². The van der Waals surface area contributed by atoms with Crippen molar-refractivity contribution >= 4 is 17.4 Å². The number of amides is 1. The number of carbonyl (C=O) groups excluding carboxylic acids is 1. The molecule has 6 rings (SSSR count). The quantitative estimate of drug-likeness (QED) is 0.293. The molecule has 1 saturated heterocycles.